The van der Waals surface area contributed by atoms with Crippen LogP contribution in [0, 0.1) is 0 Å². The summed E-state index contributed by atoms with van der Waals surface area (Å²) in [6, 6.07) is 0.351. The van der Waals surface area contributed by atoms with Gasteiger partial charge in [0.05, 0.1) is 11.9 Å². The summed E-state index contributed by atoms with van der Waals surface area (Å²) in [7, 11) is 2.16. The van der Waals surface area contributed by atoms with Crippen LogP contribution in [0.1, 0.15) is 36.5 Å². The summed E-state index contributed by atoms with van der Waals surface area (Å²) in [5.41, 5.74) is 2.20. The topological polar surface area (TPSA) is 29.0 Å². The van der Waals surface area contributed by atoms with E-state index in [2.05, 4.69) is 23.9 Å². The van der Waals surface area contributed by atoms with E-state index < -0.39 is 0 Å². The summed E-state index contributed by atoms with van der Waals surface area (Å²) < 4.78 is 0. The third-order valence-corrected chi connectivity index (χ3v) is 4.61. The van der Waals surface area contributed by atoms with E-state index in [9.17, 15) is 0 Å². The highest BCUT2D eigenvalue weighted by atomic mass is 35.5. The molecule has 0 radical (unpaired) electrons. The minimum atomic E-state index is 0.351. The Bertz CT molecular complexity index is 400. The molecule has 2 rings (SSSR count). The molecule has 1 aromatic heterocycles. The Morgan fingerprint density at radius 1 is 1.56 bits per heavy atom. The second-order valence-corrected chi connectivity index (χ2v) is 6.07. The first-order valence-corrected chi connectivity index (χ1v) is 8.13. The molecule has 0 bridgehead atoms. The zero-order valence-electron chi connectivity index (χ0n) is 11.0. The molecule has 1 unspecified atom stereocenters. The number of hydrogen-bond donors (Lipinski definition) is 0. The van der Waals surface area contributed by atoms with E-state index in [1.807, 2.05) is 18.0 Å². The molecule has 1 saturated heterocycles. The van der Waals surface area contributed by atoms with Crippen molar-refractivity contribution in [1.29, 1.82) is 0 Å². The molecule has 1 aromatic rings. The van der Waals surface area contributed by atoms with Crippen LogP contribution in [0.15, 0.2) is 6.20 Å². The first-order valence-electron chi connectivity index (χ1n) is 6.45. The van der Waals surface area contributed by atoms with Gasteiger partial charge in [-0.05, 0) is 13.5 Å². The van der Waals surface area contributed by atoms with Crippen LogP contribution in [-0.4, -0.2) is 40.0 Å². The minimum Gasteiger partial charge on any atom is -0.295 e. The molecule has 0 aliphatic carbocycles. The molecule has 1 fully saturated rings. The van der Waals surface area contributed by atoms with E-state index in [0.717, 1.165) is 42.2 Å². The van der Waals surface area contributed by atoms with Crippen LogP contribution in [0.25, 0.3) is 0 Å². The number of nitrogens with zero attached hydrogens (tertiary/aromatic N) is 3. The Labute approximate surface area is 118 Å². The van der Waals surface area contributed by atoms with Crippen LogP contribution in [0.4, 0.5) is 0 Å². The molecule has 0 N–H and O–H groups in total. The smallest absolute Gasteiger partial charge is 0.146 e. The van der Waals surface area contributed by atoms with Gasteiger partial charge >= 0.3 is 0 Å². The lowest BCUT2D eigenvalue weighted by molar-refractivity contribution is 0.264. The van der Waals surface area contributed by atoms with Crippen molar-refractivity contribution in [3.63, 3.8) is 0 Å². The Morgan fingerprint density at radius 2 is 2.39 bits per heavy atom. The van der Waals surface area contributed by atoms with E-state index >= 15 is 0 Å². The highest BCUT2D eigenvalue weighted by Gasteiger charge is 2.24. The highest BCUT2D eigenvalue weighted by molar-refractivity contribution is 7.99. The first-order chi connectivity index (χ1) is 8.76. The molecule has 1 aliphatic heterocycles. The molecule has 1 aliphatic rings. The SMILES string of the molecule is CCCc1nc(C2CSCCN2C)ncc1CCl. The predicted octanol–water partition coefficient (Wildman–Crippen LogP) is 2.89. The maximum Gasteiger partial charge on any atom is 0.146 e. The van der Waals surface area contributed by atoms with Gasteiger partial charge in [-0.15, -0.1) is 11.6 Å². The molecule has 0 aromatic carbocycles. The molecule has 0 spiro atoms. The third kappa shape index (κ3) is 3.16. The molecule has 18 heavy (non-hydrogen) atoms. The Morgan fingerprint density at radius 3 is 3.06 bits per heavy atom. The Hall–Kier alpha value is -0.320. The lowest BCUT2D eigenvalue weighted by Crippen LogP contribution is -2.34. The highest BCUT2D eigenvalue weighted by Crippen LogP contribution is 2.26. The van der Waals surface area contributed by atoms with Crippen molar-refractivity contribution in [2.24, 2.45) is 0 Å². The van der Waals surface area contributed by atoms with Crippen molar-refractivity contribution >= 4 is 23.4 Å². The summed E-state index contributed by atoms with van der Waals surface area (Å²) in [4.78, 5) is 11.6. The predicted molar refractivity (Wildman–Crippen MR) is 78.3 cm³/mol. The van der Waals surface area contributed by atoms with Gasteiger partial charge in [-0.3, -0.25) is 4.90 Å². The molecule has 2 heterocycles. The summed E-state index contributed by atoms with van der Waals surface area (Å²) in [5.74, 6) is 3.75. The molecule has 3 nitrogen and oxygen atoms in total. The van der Waals surface area contributed by atoms with Crippen LogP contribution < -0.4 is 0 Å². The Balaban J connectivity index is 2.24. The standard InChI is InChI=1S/C13H20ClN3S/c1-3-4-11-10(7-14)8-15-13(16-11)12-9-18-6-5-17(12)2/h8,12H,3-7,9H2,1-2H3. The molecule has 0 amide bonds. The average molecular weight is 286 g/mol. The van der Waals surface area contributed by atoms with Gasteiger partial charge < -0.3 is 0 Å². The Kier molecular flexibility index (Phi) is 5.27. The van der Waals surface area contributed by atoms with E-state index in [1.54, 1.807) is 0 Å². The number of aromatic nitrogens is 2. The maximum atomic E-state index is 5.94. The molecule has 100 valence electrons. The van der Waals surface area contributed by atoms with Crippen molar-refractivity contribution in [3.8, 4) is 0 Å². The van der Waals surface area contributed by atoms with Gasteiger partial charge in [-0.25, -0.2) is 9.97 Å². The summed E-state index contributed by atoms with van der Waals surface area (Å²) in [6.07, 6.45) is 3.99. The average Bonchev–Trinajstić information content (AvgIpc) is 2.40. The number of alkyl halides is 1. The fraction of sp³-hybridized carbons (Fsp3) is 0.692. The quantitative estimate of drug-likeness (QED) is 0.796. The van der Waals surface area contributed by atoms with E-state index in [1.165, 1.54) is 5.75 Å². The maximum absolute atomic E-state index is 5.94. The van der Waals surface area contributed by atoms with E-state index in [4.69, 9.17) is 16.6 Å². The van der Waals surface area contributed by atoms with Crippen molar-refractivity contribution in [1.82, 2.24) is 14.9 Å². The van der Waals surface area contributed by atoms with E-state index in [0.29, 0.717) is 11.9 Å². The van der Waals surface area contributed by atoms with Gasteiger partial charge in [-0.1, -0.05) is 13.3 Å². The van der Waals surface area contributed by atoms with Crippen molar-refractivity contribution in [2.75, 3.05) is 25.1 Å². The van der Waals surface area contributed by atoms with Crippen LogP contribution >= 0.6 is 23.4 Å². The lowest BCUT2D eigenvalue weighted by Gasteiger charge is -2.31. The fourth-order valence-corrected chi connectivity index (χ4v) is 3.58. The molecular weight excluding hydrogens is 266 g/mol. The number of halogens is 1. The molecule has 5 heteroatoms. The van der Waals surface area contributed by atoms with Gasteiger partial charge in [0, 0.05) is 35.5 Å². The molecule has 0 saturated carbocycles. The zero-order valence-corrected chi connectivity index (χ0v) is 12.6. The van der Waals surface area contributed by atoms with Crippen LogP contribution in [-0.2, 0) is 12.3 Å². The van der Waals surface area contributed by atoms with Gasteiger partial charge in [0.25, 0.3) is 0 Å². The third-order valence-electron chi connectivity index (χ3n) is 3.30. The van der Waals surface area contributed by atoms with Crippen LogP contribution in [0.2, 0.25) is 0 Å². The first kappa shape index (κ1) is 14.1. The van der Waals surface area contributed by atoms with Crippen molar-refractivity contribution in [3.05, 3.63) is 23.3 Å². The van der Waals surface area contributed by atoms with Crippen molar-refractivity contribution < 1.29 is 0 Å². The monoisotopic (exact) mass is 285 g/mol. The fourth-order valence-electron chi connectivity index (χ4n) is 2.14. The normalized spacial score (nSPS) is 21.2. The minimum absolute atomic E-state index is 0.351. The molecule has 1 atom stereocenters. The number of rotatable bonds is 4. The van der Waals surface area contributed by atoms with Gasteiger partial charge in [0.1, 0.15) is 5.82 Å². The lowest BCUT2D eigenvalue weighted by atomic mass is 10.1. The van der Waals surface area contributed by atoms with Gasteiger partial charge in [0.15, 0.2) is 0 Å². The second-order valence-electron chi connectivity index (χ2n) is 4.66. The van der Waals surface area contributed by atoms with Crippen LogP contribution in [0.5, 0.6) is 0 Å². The largest absolute Gasteiger partial charge is 0.295 e. The van der Waals surface area contributed by atoms with E-state index in [-0.39, 0.29) is 0 Å². The number of hydrogen-bond acceptors (Lipinski definition) is 4. The van der Waals surface area contributed by atoms with Crippen molar-refractivity contribution in [2.45, 2.75) is 31.7 Å². The van der Waals surface area contributed by atoms with Gasteiger partial charge in [0.2, 0.25) is 0 Å². The van der Waals surface area contributed by atoms with Gasteiger partial charge in [-0.2, -0.15) is 11.8 Å². The zero-order chi connectivity index (χ0) is 13.0. The summed E-state index contributed by atoms with van der Waals surface area (Å²) in [6.45, 7) is 3.28. The number of thioether (sulfide) groups is 1. The summed E-state index contributed by atoms with van der Waals surface area (Å²) in [5, 5.41) is 0. The molecular formula is C13H20ClN3S. The second kappa shape index (κ2) is 6.73. The van der Waals surface area contributed by atoms with Crippen LogP contribution in [0.3, 0.4) is 0 Å². The summed E-state index contributed by atoms with van der Waals surface area (Å²) >= 11 is 7.92. The number of aryl methyl sites for hydroxylation is 1.